The van der Waals surface area contributed by atoms with Gasteiger partial charge in [-0.05, 0) is 37.1 Å². The Bertz CT molecular complexity index is 800. The number of benzene rings is 2. The zero-order valence-electron chi connectivity index (χ0n) is 16.0. The minimum absolute atomic E-state index is 0.0288. The van der Waals surface area contributed by atoms with Gasteiger partial charge in [0.1, 0.15) is 0 Å². The fraction of sp³-hybridized carbons (Fsp3) is 0.304. The van der Waals surface area contributed by atoms with E-state index in [1.165, 1.54) is 5.56 Å². The molecule has 1 N–H and O–H groups in total. The molecule has 0 saturated heterocycles. The van der Waals surface area contributed by atoms with Crippen LogP contribution in [-0.4, -0.2) is 11.7 Å². The Morgan fingerprint density at radius 2 is 1.65 bits per heavy atom. The highest BCUT2D eigenvalue weighted by atomic mass is 16.1. The van der Waals surface area contributed by atoms with Crippen molar-refractivity contribution >= 4 is 17.4 Å². The first-order valence-corrected chi connectivity index (χ1v) is 8.89. The van der Waals surface area contributed by atoms with Crippen LogP contribution in [0.4, 0.5) is 5.69 Å². The van der Waals surface area contributed by atoms with Gasteiger partial charge in [0, 0.05) is 23.9 Å². The van der Waals surface area contributed by atoms with Crippen LogP contribution in [0.2, 0.25) is 0 Å². The molecular weight excluding hydrogens is 322 g/mol. The molecule has 0 aliphatic carbocycles. The lowest BCUT2D eigenvalue weighted by atomic mass is 9.78. The summed E-state index contributed by atoms with van der Waals surface area (Å²) in [6.45, 7) is 8.07. The van der Waals surface area contributed by atoms with Crippen LogP contribution in [0.5, 0.6) is 0 Å². The molecule has 0 aromatic heterocycles. The van der Waals surface area contributed by atoms with Gasteiger partial charge in [0.05, 0.1) is 0 Å². The second kappa shape index (κ2) is 8.61. The largest absolute Gasteiger partial charge is 0.326 e. The lowest BCUT2D eigenvalue weighted by Crippen LogP contribution is -2.32. The molecule has 0 bridgehead atoms. The molecule has 26 heavy (non-hydrogen) atoms. The first-order valence-electron chi connectivity index (χ1n) is 8.89. The Hall–Kier alpha value is -2.68. The molecule has 1 amide bonds. The van der Waals surface area contributed by atoms with E-state index in [9.17, 15) is 9.59 Å². The van der Waals surface area contributed by atoms with Gasteiger partial charge in [0.15, 0.2) is 5.78 Å². The van der Waals surface area contributed by atoms with Gasteiger partial charge in [-0.1, -0.05) is 68.0 Å². The second-order valence-electron chi connectivity index (χ2n) is 7.50. The summed E-state index contributed by atoms with van der Waals surface area (Å²) in [5.41, 5.74) is 4.29. The molecule has 0 unspecified atom stereocenters. The molecule has 3 nitrogen and oxygen atoms in total. The highest BCUT2D eigenvalue weighted by Gasteiger charge is 2.31. The summed E-state index contributed by atoms with van der Waals surface area (Å²) < 4.78 is 0. The Kier molecular flexibility index (Phi) is 6.51. The minimum Gasteiger partial charge on any atom is -0.326 e. The third kappa shape index (κ3) is 5.69. The van der Waals surface area contributed by atoms with Gasteiger partial charge in [-0.25, -0.2) is 0 Å². The maximum atomic E-state index is 11.3. The van der Waals surface area contributed by atoms with Crippen molar-refractivity contribution in [3.05, 3.63) is 77.4 Å². The van der Waals surface area contributed by atoms with Crippen molar-refractivity contribution in [1.29, 1.82) is 0 Å². The number of nitrogens with one attached hydrogen (secondary N) is 1. The number of fused-ring (bicyclic) bond motifs is 1. The van der Waals surface area contributed by atoms with Crippen LogP contribution >= 0.6 is 0 Å². The number of anilines is 1. The Balaban J connectivity index is 0.000000187. The molecule has 3 rings (SSSR count). The number of amides is 1. The summed E-state index contributed by atoms with van der Waals surface area (Å²) in [4.78, 5) is 22.7. The predicted octanol–water partition coefficient (Wildman–Crippen LogP) is 5.07. The van der Waals surface area contributed by atoms with Crippen molar-refractivity contribution in [3.8, 4) is 0 Å². The molecule has 0 spiro atoms. The number of ketones is 1. The van der Waals surface area contributed by atoms with Crippen molar-refractivity contribution in [3.63, 3.8) is 0 Å². The van der Waals surface area contributed by atoms with Gasteiger partial charge in [0.25, 0.3) is 0 Å². The van der Waals surface area contributed by atoms with E-state index >= 15 is 0 Å². The standard InChI is InChI=1S/C12H14O.C11H13NO/c1-10(2)8-12(13)9-11-6-4-3-5-7-11;1-11(2)7-10(13)12-9-6-4-3-5-8(9)11/h3-8H,9H2,1-2H3;3-6H,7H2,1-2H3,(H,12,13). The van der Waals surface area contributed by atoms with Crippen molar-refractivity contribution in [1.82, 2.24) is 0 Å². The number of hydrogen-bond donors (Lipinski definition) is 1. The van der Waals surface area contributed by atoms with Crippen LogP contribution in [-0.2, 0) is 21.4 Å². The van der Waals surface area contributed by atoms with E-state index in [4.69, 9.17) is 0 Å². The molecular formula is C23H27NO2. The average Bonchev–Trinajstić information content (AvgIpc) is 2.54. The molecule has 1 heterocycles. The van der Waals surface area contributed by atoms with E-state index in [-0.39, 0.29) is 17.1 Å². The predicted molar refractivity (Wildman–Crippen MR) is 107 cm³/mol. The number of hydrogen-bond acceptors (Lipinski definition) is 2. The number of allylic oxidation sites excluding steroid dienone is 2. The van der Waals surface area contributed by atoms with Crippen LogP contribution in [0.15, 0.2) is 66.2 Å². The number of carbonyl (C=O) groups is 2. The van der Waals surface area contributed by atoms with Gasteiger partial charge in [-0.15, -0.1) is 0 Å². The summed E-state index contributed by atoms with van der Waals surface area (Å²) in [5.74, 6) is 0.287. The van der Waals surface area contributed by atoms with Gasteiger partial charge < -0.3 is 5.32 Å². The number of carbonyl (C=O) groups excluding carboxylic acids is 2. The molecule has 2 aromatic rings. The van der Waals surface area contributed by atoms with E-state index in [2.05, 4.69) is 25.2 Å². The maximum Gasteiger partial charge on any atom is 0.225 e. The SMILES string of the molecule is CC(C)=CC(=O)Cc1ccccc1.CC1(C)CC(=O)Nc2ccccc21. The van der Waals surface area contributed by atoms with Gasteiger partial charge >= 0.3 is 0 Å². The molecule has 2 aromatic carbocycles. The quantitative estimate of drug-likeness (QED) is 0.786. The van der Waals surface area contributed by atoms with E-state index < -0.39 is 0 Å². The molecule has 0 saturated carbocycles. The summed E-state index contributed by atoms with van der Waals surface area (Å²) in [7, 11) is 0. The third-order valence-electron chi connectivity index (χ3n) is 4.20. The lowest BCUT2D eigenvalue weighted by Gasteiger charge is -2.31. The third-order valence-corrected chi connectivity index (χ3v) is 4.20. The van der Waals surface area contributed by atoms with Crippen molar-refractivity contribution < 1.29 is 9.59 Å². The lowest BCUT2D eigenvalue weighted by molar-refractivity contribution is -0.117. The van der Waals surface area contributed by atoms with E-state index in [0.717, 1.165) is 16.8 Å². The fourth-order valence-electron chi connectivity index (χ4n) is 3.04. The summed E-state index contributed by atoms with van der Waals surface area (Å²) in [6, 6.07) is 17.8. The molecule has 0 atom stereocenters. The molecule has 1 aliphatic rings. The highest BCUT2D eigenvalue weighted by Crippen LogP contribution is 2.36. The zero-order valence-corrected chi connectivity index (χ0v) is 16.0. The fourth-order valence-corrected chi connectivity index (χ4v) is 3.04. The number of para-hydroxylation sites is 1. The van der Waals surface area contributed by atoms with Gasteiger partial charge in [-0.2, -0.15) is 0 Å². The number of rotatable bonds is 3. The summed E-state index contributed by atoms with van der Waals surface area (Å²) in [5, 5.41) is 2.88. The van der Waals surface area contributed by atoms with E-state index in [1.807, 2.05) is 62.4 Å². The molecule has 0 radical (unpaired) electrons. The van der Waals surface area contributed by atoms with Crippen molar-refractivity contribution in [2.75, 3.05) is 5.32 Å². The summed E-state index contributed by atoms with van der Waals surface area (Å²) in [6.07, 6.45) is 2.77. The molecule has 0 fully saturated rings. The Morgan fingerprint density at radius 3 is 2.31 bits per heavy atom. The van der Waals surface area contributed by atoms with Crippen LogP contribution < -0.4 is 5.32 Å². The van der Waals surface area contributed by atoms with Crippen LogP contribution in [0.1, 0.15) is 45.2 Å². The zero-order chi connectivity index (χ0) is 19.2. The first kappa shape index (κ1) is 19.6. The van der Waals surface area contributed by atoms with E-state index in [1.54, 1.807) is 6.08 Å². The Labute approximate surface area is 156 Å². The second-order valence-corrected chi connectivity index (χ2v) is 7.50. The van der Waals surface area contributed by atoms with Crippen molar-refractivity contribution in [2.24, 2.45) is 0 Å². The average molecular weight is 349 g/mol. The molecule has 136 valence electrons. The van der Waals surface area contributed by atoms with Crippen LogP contribution in [0, 0.1) is 0 Å². The highest BCUT2D eigenvalue weighted by molar-refractivity contribution is 5.95. The Morgan fingerprint density at radius 1 is 1.04 bits per heavy atom. The van der Waals surface area contributed by atoms with E-state index in [0.29, 0.717) is 12.8 Å². The maximum absolute atomic E-state index is 11.3. The van der Waals surface area contributed by atoms with Gasteiger partial charge in [-0.3, -0.25) is 9.59 Å². The van der Waals surface area contributed by atoms with Crippen LogP contribution in [0.3, 0.4) is 0 Å². The molecule has 1 aliphatic heterocycles. The normalized spacial score (nSPS) is 14.2. The summed E-state index contributed by atoms with van der Waals surface area (Å²) >= 11 is 0. The van der Waals surface area contributed by atoms with Crippen LogP contribution in [0.25, 0.3) is 0 Å². The monoisotopic (exact) mass is 349 g/mol. The minimum atomic E-state index is -0.0288. The van der Waals surface area contributed by atoms with Crippen molar-refractivity contribution in [2.45, 2.75) is 46.0 Å². The smallest absolute Gasteiger partial charge is 0.225 e. The topological polar surface area (TPSA) is 46.2 Å². The van der Waals surface area contributed by atoms with Gasteiger partial charge in [0.2, 0.25) is 5.91 Å². The first-order chi connectivity index (χ1) is 12.3. The molecule has 3 heteroatoms.